The van der Waals surface area contributed by atoms with Crippen molar-refractivity contribution in [3.05, 3.63) is 68.0 Å². The lowest BCUT2D eigenvalue weighted by molar-refractivity contribution is -0.158. The Balaban J connectivity index is 1.87. The summed E-state index contributed by atoms with van der Waals surface area (Å²) in [5.41, 5.74) is -5.18. The Kier molecular flexibility index (Phi) is 4.88. The van der Waals surface area contributed by atoms with Crippen LogP contribution >= 0.6 is 0 Å². The number of benzene rings is 1. The van der Waals surface area contributed by atoms with Crippen LogP contribution in [0.2, 0.25) is 0 Å². The average molecular weight is 417 g/mol. The van der Waals surface area contributed by atoms with Crippen molar-refractivity contribution in [1.29, 1.82) is 0 Å². The predicted octanol–water partition coefficient (Wildman–Crippen LogP) is 2.36. The number of hydrogen-bond donors (Lipinski definition) is 2. The first-order valence-electron chi connectivity index (χ1n) is 8.52. The molecule has 0 aliphatic carbocycles. The zero-order chi connectivity index (χ0) is 21.6. The molecule has 11 heteroatoms. The van der Waals surface area contributed by atoms with Gasteiger partial charge in [-0.3, -0.25) is 14.6 Å². The smallest absolute Gasteiger partial charge is 0.336 e. The molecule has 29 heavy (non-hydrogen) atoms. The molecule has 0 saturated carbocycles. The molecule has 1 amide bonds. The SMILES string of the molecule is CC1(c2cccc(C(F)(F)F)c2)CCN(C(=O)C(F)(F)c2c[nH]c(=O)[nH]c2=O)C1. The molecule has 2 aromatic rings. The van der Waals surface area contributed by atoms with Crippen LogP contribution in [0, 0.1) is 0 Å². The molecule has 156 valence electrons. The number of halogens is 5. The molecule has 2 heterocycles. The van der Waals surface area contributed by atoms with Crippen LogP contribution in [0.15, 0.2) is 40.1 Å². The van der Waals surface area contributed by atoms with E-state index in [0.717, 1.165) is 17.0 Å². The molecule has 1 unspecified atom stereocenters. The normalized spacial score (nSPS) is 20.1. The number of H-pyrrole nitrogens is 2. The van der Waals surface area contributed by atoms with Crippen LogP contribution in [0.1, 0.15) is 30.0 Å². The van der Waals surface area contributed by atoms with E-state index in [2.05, 4.69) is 0 Å². The van der Waals surface area contributed by atoms with Crippen LogP contribution in [0.4, 0.5) is 22.0 Å². The van der Waals surface area contributed by atoms with Gasteiger partial charge in [0, 0.05) is 24.7 Å². The van der Waals surface area contributed by atoms with Gasteiger partial charge in [-0.2, -0.15) is 22.0 Å². The highest BCUT2D eigenvalue weighted by molar-refractivity contribution is 5.85. The number of likely N-dealkylation sites (tertiary alicyclic amines) is 1. The maximum atomic E-state index is 14.6. The molecule has 1 aromatic heterocycles. The van der Waals surface area contributed by atoms with Crippen LogP contribution in [0.3, 0.4) is 0 Å². The van der Waals surface area contributed by atoms with Gasteiger partial charge in [0.2, 0.25) is 0 Å². The summed E-state index contributed by atoms with van der Waals surface area (Å²) in [6, 6.07) is 4.52. The van der Waals surface area contributed by atoms with E-state index in [9.17, 15) is 36.3 Å². The summed E-state index contributed by atoms with van der Waals surface area (Å²) in [4.78, 5) is 39.4. The van der Waals surface area contributed by atoms with Crippen LogP contribution in [-0.4, -0.2) is 33.9 Å². The Hall–Kier alpha value is -2.98. The van der Waals surface area contributed by atoms with E-state index < -0.39 is 45.8 Å². The number of carbonyl (C=O) groups excluding carboxylic acids is 1. The molecule has 1 aliphatic rings. The van der Waals surface area contributed by atoms with Gasteiger partial charge in [0.15, 0.2) is 0 Å². The van der Waals surface area contributed by atoms with Crippen molar-refractivity contribution in [2.75, 3.05) is 13.1 Å². The van der Waals surface area contributed by atoms with Crippen LogP contribution in [-0.2, 0) is 22.3 Å². The van der Waals surface area contributed by atoms with E-state index in [1.165, 1.54) is 12.1 Å². The summed E-state index contributed by atoms with van der Waals surface area (Å²) in [7, 11) is 0. The zero-order valence-electron chi connectivity index (χ0n) is 15.1. The monoisotopic (exact) mass is 417 g/mol. The number of hydrogen-bond acceptors (Lipinski definition) is 3. The Labute approximate surface area is 160 Å². The molecule has 1 atom stereocenters. The highest BCUT2D eigenvalue weighted by Gasteiger charge is 2.50. The molecule has 0 spiro atoms. The van der Waals surface area contributed by atoms with Gasteiger partial charge >= 0.3 is 17.8 Å². The summed E-state index contributed by atoms with van der Waals surface area (Å²) >= 11 is 0. The van der Waals surface area contributed by atoms with Crippen molar-refractivity contribution >= 4 is 5.91 Å². The fourth-order valence-electron chi connectivity index (χ4n) is 3.40. The fourth-order valence-corrected chi connectivity index (χ4v) is 3.40. The minimum absolute atomic E-state index is 0.123. The fraction of sp³-hybridized carbons (Fsp3) is 0.389. The third kappa shape index (κ3) is 3.81. The molecular formula is C18H16F5N3O3. The van der Waals surface area contributed by atoms with Crippen molar-refractivity contribution < 1.29 is 26.7 Å². The third-order valence-corrected chi connectivity index (χ3v) is 5.07. The molecule has 0 radical (unpaired) electrons. The van der Waals surface area contributed by atoms with Crippen LogP contribution in [0.25, 0.3) is 0 Å². The van der Waals surface area contributed by atoms with E-state index >= 15 is 0 Å². The minimum atomic E-state index is -4.56. The number of amides is 1. The molecule has 1 aliphatic heterocycles. The lowest BCUT2D eigenvalue weighted by atomic mass is 9.81. The van der Waals surface area contributed by atoms with Crippen molar-refractivity contribution in [2.45, 2.75) is 30.9 Å². The largest absolute Gasteiger partial charge is 0.416 e. The Morgan fingerprint density at radius 3 is 2.48 bits per heavy atom. The Bertz CT molecular complexity index is 1060. The molecular weight excluding hydrogens is 401 g/mol. The summed E-state index contributed by atoms with van der Waals surface area (Å²) in [5.74, 6) is -5.87. The highest BCUT2D eigenvalue weighted by atomic mass is 19.4. The van der Waals surface area contributed by atoms with Crippen molar-refractivity contribution in [1.82, 2.24) is 14.9 Å². The molecule has 0 bridgehead atoms. The summed E-state index contributed by atoms with van der Waals surface area (Å²) in [6.45, 7) is 1.22. The van der Waals surface area contributed by atoms with Crippen molar-refractivity contribution in [2.24, 2.45) is 0 Å². The topological polar surface area (TPSA) is 86.0 Å². The first-order chi connectivity index (χ1) is 13.3. The molecule has 1 aromatic carbocycles. The van der Waals surface area contributed by atoms with Gasteiger partial charge in [-0.05, 0) is 18.1 Å². The first-order valence-corrected chi connectivity index (χ1v) is 8.52. The maximum Gasteiger partial charge on any atom is 0.416 e. The Morgan fingerprint density at radius 1 is 1.17 bits per heavy atom. The van der Waals surface area contributed by atoms with Gasteiger partial charge in [-0.25, -0.2) is 4.79 Å². The first kappa shape index (κ1) is 20.7. The van der Waals surface area contributed by atoms with Gasteiger partial charge in [-0.1, -0.05) is 25.1 Å². The van der Waals surface area contributed by atoms with E-state index in [1.807, 2.05) is 4.98 Å². The van der Waals surface area contributed by atoms with Crippen LogP contribution < -0.4 is 11.2 Å². The maximum absolute atomic E-state index is 14.6. The second-order valence-electron chi connectivity index (χ2n) is 7.18. The zero-order valence-corrected chi connectivity index (χ0v) is 15.1. The molecule has 1 saturated heterocycles. The van der Waals surface area contributed by atoms with E-state index in [-0.39, 0.29) is 25.1 Å². The van der Waals surface area contributed by atoms with Crippen LogP contribution in [0.5, 0.6) is 0 Å². The lowest BCUT2D eigenvalue weighted by Crippen LogP contribution is -2.45. The predicted molar refractivity (Wildman–Crippen MR) is 91.6 cm³/mol. The minimum Gasteiger partial charge on any atom is -0.336 e. The Morgan fingerprint density at radius 2 is 1.86 bits per heavy atom. The summed E-state index contributed by atoms with van der Waals surface area (Å²) in [5, 5.41) is 0. The number of aromatic amines is 2. The lowest BCUT2D eigenvalue weighted by Gasteiger charge is -2.27. The average Bonchev–Trinajstić information content (AvgIpc) is 3.03. The van der Waals surface area contributed by atoms with Crippen molar-refractivity contribution in [3.8, 4) is 0 Å². The number of nitrogens with zero attached hydrogens (tertiary/aromatic N) is 1. The third-order valence-electron chi connectivity index (χ3n) is 5.07. The number of nitrogens with one attached hydrogen (secondary N) is 2. The molecule has 2 N–H and O–H groups in total. The van der Waals surface area contributed by atoms with Gasteiger partial charge in [0.25, 0.3) is 11.5 Å². The molecule has 3 rings (SSSR count). The van der Waals surface area contributed by atoms with Gasteiger partial charge in [-0.15, -0.1) is 0 Å². The van der Waals surface area contributed by atoms with E-state index in [1.54, 1.807) is 11.9 Å². The highest BCUT2D eigenvalue weighted by Crippen LogP contribution is 2.39. The van der Waals surface area contributed by atoms with Crippen molar-refractivity contribution in [3.63, 3.8) is 0 Å². The van der Waals surface area contributed by atoms with Gasteiger partial charge in [0.1, 0.15) is 5.56 Å². The molecule has 1 fully saturated rings. The number of rotatable bonds is 3. The number of alkyl halides is 5. The second kappa shape index (κ2) is 6.82. The standard InChI is InChI=1S/C18H16F5N3O3/c1-16(10-3-2-4-11(7-10)18(21,22)23)5-6-26(9-16)14(28)17(19,20)12-8-24-15(29)25-13(12)27/h2-4,7-8H,5-6,9H2,1H3,(H2,24,25,27,29). The van der Waals surface area contributed by atoms with E-state index in [0.29, 0.717) is 6.20 Å². The van der Waals surface area contributed by atoms with Gasteiger partial charge < -0.3 is 9.88 Å². The summed E-state index contributed by atoms with van der Waals surface area (Å²) < 4.78 is 68.1. The second-order valence-corrected chi connectivity index (χ2v) is 7.18. The summed E-state index contributed by atoms with van der Waals surface area (Å²) in [6.07, 6.45) is -3.92. The quantitative estimate of drug-likeness (QED) is 0.752. The number of aromatic nitrogens is 2. The number of carbonyl (C=O) groups is 1. The van der Waals surface area contributed by atoms with E-state index in [4.69, 9.17) is 0 Å². The van der Waals surface area contributed by atoms with Gasteiger partial charge in [0.05, 0.1) is 5.56 Å². The molecule has 6 nitrogen and oxygen atoms in total.